The van der Waals surface area contributed by atoms with Crippen molar-refractivity contribution >= 4 is 34.9 Å². The first kappa shape index (κ1) is 18.4. The lowest BCUT2D eigenvalue weighted by molar-refractivity contribution is -0.121. The van der Waals surface area contributed by atoms with E-state index < -0.39 is 29.6 Å². The number of amides is 1. The predicted octanol–water partition coefficient (Wildman–Crippen LogP) is 2.02. The molecule has 24 heavy (non-hydrogen) atoms. The Morgan fingerprint density at radius 2 is 2.00 bits per heavy atom. The molecule has 0 unspecified atom stereocenters. The van der Waals surface area contributed by atoms with Crippen LogP contribution in [0.3, 0.4) is 0 Å². The van der Waals surface area contributed by atoms with Gasteiger partial charge in [-0.05, 0) is 11.1 Å². The summed E-state index contributed by atoms with van der Waals surface area (Å²) in [5.74, 6) is -0.451. The van der Waals surface area contributed by atoms with Crippen molar-refractivity contribution in [2.45, 2.75) is 17.0 Å². The standard InChI is InChI=1S/C15H15Cl2FN4O2/c16-13(17)15(24)22-11(5-18)12(23)9-3-1-8(2-4-9)10-6-20-7-21-14(10)19/h1-4,6-7,11-13,23H,5H2,(H,22,24)(H2,19,20,21)/t11-,12-/m1/s1. The highest BCUT2D eigenvalue weighted by atomic mass is 35.5. The zero-order valence-electron chi connectivity index (χ0n) is 12.4. The summed E-state index contributed by atoms with van der Waals surface area (Å²) in [7, 11) is 0. The fraction of sp³-hybridized carbons (Fsp3) is 0.267. The number of aliphatic hydroxyl groups is 1. The van der Waals surface area contributed by atoms with Gasteiger partial charge in [0.15, 0.2) is 4.84 Å². The lowest BCUT2D eigenvalue weighted by Crippen LogP contribution is -2.43. The van der Waals surface area contributed by atoms with Gasteiger partial charge in [0.1, 0.15) is 24.9 Å². The van der Waals surface area contributed by atoms with Crippen LogP contribution in [0.5, 0.6) is 0 Å². The van der Waals surface area contributed by atoms with Crippen LogP contribution in [-0.4, -0.2) is 38.5 Å². The van der Waals surface area contributed by atoms with Gasteiger partial charge in [-0.25, -0.2) is 14.4 Å². The number of benzene rings is 1. The molecule has 0 radical (unpaired) electrons. The Labute approximate surface area is 147 Å². The molecule has 9 heteroatoms. The number of nitrogens with zero attached hydrogens (tertiary/aromatic N) is 2. The van der Waals surface area contributed by atoms with E-state index in [-0.39, 0.29) is 0 Å². The van der Waals surface area contributed by atoms with Crippen molar-refractivity contribution < 1.29 is 14.3 Å². The summed E-state index contributed by atoms with van der Waals surface area (Å²) in [6.45, 7) is -0.978. The molecule has 0 aliphatic heterocycles. The third kappa shape index (κ3) is 4.31. The number of aromatic nitrogens is 2. The number of nitrogens with one attached hydrogen (secondary N) is 1. The van der Waals surface area contributed by atoms with Crippen molar-refractivity contribution in [2.75, 3.05) is 12.4 Å². The molecule has 128 valence electrons. The molecule has 1 aromatic heterocycles. The van der Waals surface area contributed by atoms with Crippen molar-refractivity contribution in [3.8, 4) is 11.1 Å². The molecule has 0 aliphatic rings. The first-order valence-electron chi connectivity index (χ1n) is 6.92. The smallest absolute Gasteiger partial charge is 0.253 e. The highest BCUT2D eigenvalue weighted by Crippen LogP contribution is 2.26. The monoisotopic (exact) mass is 372 g/mol. The summed E-state index contributed by atoms with van der Waals surface area (Å²) in [6.07, 6.45) is 1.65. The number of alkyl halides is 3. The maximum absolute atomic E-state index is 13.1. The fourth-order valence-corrected chi connectivity index (χ4v) is 2.23. The van der Waals surface area contributed by atoms with E-state index >= 15 is 0 Å². The Balaban J connectivity index is 2.17. The first-order chi connectivity index (χ1) is 11.4. The van der Waals surface area contributed by atoms with Gasteiger partial charge in [0.2, 0.25) is 0 Å². The second kappa shape index (κ2) is 8.23. The number of nitrogen functional groups attached to an aromatic ring is 1. The van der Waals surface area contributed by atoms with Crippen LogP contribution in [0.1, 0.15) is 11.7 Å². The first-order valence-corrected chi connectivity index (χ1v) is 7.79. The number of nitrogens with two attached hydrogens (primary N) is 1. The maximum atomic E-state index is 13.1. The molecule has 0 spiro atoms. The molecule has 0 fully saturated rings. The summed E-state index contributed by atoms with van der Waals surface area (Å²) in [4.78, 5) is 17.9. The van der Waals surface area contributed by atoms with Crippen molar-refractivity contribution in [3.63, 3.8) is 0 Å². The largest absolute Gasteiger partial charge is 0.386 e. The van der Waals surface area contributed by atoms with Crippen molar-refractivity contribution in [1.29, 1.82) is 0 Å². The van der Waals surface area contributed by atoms with Gasteiger partial charge in [-0.3, -0.25) is 4.79 Å². The molecule has 0 aliphatic carbocycles. The predicted molar refractivity (Wildman–Crippen MR) is 90.2 cm³/mol. The van der Waals surface area contributed by atoms with E-state index in [9.17, 15) is 14.3 Å². The van der Waals surface area contributed by atoms with Gasteiger partial charge in [0, 0.05) is 11.8 Å². The molecule has 2 rings (SSSR count). The van der Waals surface area contributed by atoms with Gasteiger partial charge in [0.25, 0.3) is 5.91 Å². The number of carbonyl (C=O) groups excluding carboxylic acids is 1. The van der Waals surface area contributed by atoms with E-state index in [0.717, 1.165) is 5.56 Å². The minimum Gasteiger partial charge on any atom is -0.386 e. The van der Waals surface area contributed by atoms with Crippen molar-refractivity contribution in [1.82, 2.24) is 15.3 Å². The molecule has 2 aromatic rings. The average molecular weight is 373 g/mol. The van der Waals surface area contributed by atoms with Gasteiger partial charge in [-0.1, -0.05) is 47.5 Å². The SMILES string of the molecule is Nc1ncncc1-c1ccc([C@@H](O)[C@@H](CF)NC(=O)C(Cl)Cl)cc1. The van der Waals surface area contributed by atoms with E-state index in [2.05, 4.69) is 15.3 Å². The maximum Gasteiger partial charge on any atom is 0.253 e. The molecule has 1 amide bonds. The fourth-order valence-electron chi connectivity index (χ4n) is 2.10. The highest BCUT2D eigenvalue weighted by molar-refractivity contribution is 6.53. The second-order valence-corrected chi connectivity index (χ2v) is 6.05. The van der Waals surface area contributed by atoms with Crippen molar-refractivity contribution in [2.24, 2.45) is 0 Å². The van der Waals surface area contributed by atoms with Crippen LogP contribution in [0.25, 0.3) is 11.1 Å². The Bertz CT molecular complexity index is 700. The quantitative estimate of drug-likeness (QED) is 0.673. The Morgan fingerprint density at radius 1 is 1.33 bits per heavy atom. The van der Waals surface area contributed by atoms with Gasteiger partial charge >= 0.3 is 0 Å². The summed E-state index contributed by atoms with van der Waals surface area (Å²) in [6, 6.07) is 5.42. The second-order valence-electron chi connectivity index (χ2n) is 4.96. The number of rotatable bonds is 6. The molecular formula is C15H15Cl2FN4O2. The van der Waals surface area contributed by atoms with Crippen LogP contribution in [0, 0.1) is 0 Å². The van der Waals surface area contributed by atoms with E-state index in [4.69, 9.17) is 28.9 Å². The molecule has 6 nitrogen and oxygen atoms in total. The lowest BCUT2D eigenvalue weighted by Gasteiger charge is -2.22. The van der Waals surface area contributed by atoms with E-state index in [1.165, 1.54) is 6.33 Å². The van der Waals surface area contributed by atoms with Crippen LogP contribution >= 0.6 is 23.2 Å². The van der Waals surface area contributed by atoms with E-state index in [1.807, 2.05) is 0 Å². The summed E-state index contributed by atoms with van der Waals surface area (Å²) in [5, 5.41) is 12.5. The number of hydrogen-bond donors (Lipinski definition) is 3. The minimum absolute atomic E-state index is 0.322. The zero-order valence-corrected chi connectivity index (χ0v) is 13.9. The van der Waals surface area contributed by atoms with Gasteiger partial charge < -0.3 is 16.2 Å². The number of anilines is 1. The third-order valence-corrected chi connectivity index (χ3v) is 3.78. The van der Waals surface area contributed by atoms with Gasteiger partial charge in [-0.2, -0.15) is 0 Å². The van der Waals surface area contributed by atoms with Crippen molar-refractivity contribution in [3.05, 3.63) is 42.4 Å². The molecule has 0 saturated heterocycles. The Morgan fingerprint density at radius 3 is 2.54 bits per heavy atom. The lowest BCUT2D eigenvalue weighted by atomic mass is 9.99. The normalized spacial score (nSPS) is 13.5. The molecule has 0 saturated carbocycles. The van der Waals surface area contributed by atoms with Crippen LogP contribution in [-0.2, 0) is 4.79 Å². The van der Waals surface area contributed by atoms with Crippen LogP contribution in [0.15, 0.2) is 36.8 Å². The minimum atomic E-state index is -1.34. The van der Waals surface area contributed by atoms with Crippen LogP contribution < -0.4 is 11.1 Å². The number of carbonyl (C=O) groups is 1. The Kier molecular flexibility index (Phi) is 6.30. The third-order valence-electron chi connectivity index (χ3n) is 3.38. The summed E-state index contributed by atoms with van der Waals surface area (Å²) >= 11 is 10.8. The molecule has 1 heterocycles. The zero-order chi connectivity index (χ0) is 17.7. The van der Waals surface area contributed by atoms with Gasteiger partial charge in [-0.15, -0.1) is 0 Å². The van der Waals surface area contributed by atoms with E-state index in [1.54, 1.807) is 30.5 Å². The van der Waals surface area contributed by atoms with Crippen LogP contribution in [0.2, 0.25) is 0 Å². The number of aliphatic hydroxyl groups excluding tert-OH is 1. The molecule has 2 atom stereocenters. The van der Waals surface area contributed by atoms with E-state index in [0.29, 0.717) is 16.9 Å². The average Bonchev–Trinajstić information content (AvgIpc) is 2.59. The van der Waals surface area contributed by atoms with Gasteiger partial charge in [0.05, 0.1) is 6.04 Å². The molecule has 1 aromatic carbocycles. The topological polar surface area (TPSA) is 101 Å². The Hall–Kier alpha value is -1.96. The highest BCUT2D eigenvalue weighted by Gasteiger charge is 2.25. The summed E-state index contributed by atoms with van der Waals surface area (Å²) in [5.41, 5.74) is 7.58. The molecule has 0 bridgehead atoms. The molecule has 4 N–H and O–H groups in total. The van der Waals surface area contributed by atoms with Crippen LogP contribution in [0.4, 0.5) is 10.2 Å². The summed E-state index contributed by atoms with van der Waals surface area (Å²) < 4.78 is 13.1. The number of hydrogen-bond acceptors (Lipinski definition) is 5. The molecular weight excluding hydrogens is 358 g/mol. The number of halogens is 3.